The van der Waals surface area contributed by atoms with E-state index in [1.54, 1.807) is 11.6 Å². The molecule has 2 aromatic carbocycles. The molecule has 1 heterocycles. The molecular weight excluding hydrogens is 402 g/mol. The number of amides is 1. The number of aliphatic hydroxyl groups excluding tert-OH is 1. The van der Waals surface area contributed by atoms with Gasteiger partial charge < -0.3 is 9.67 Å². The van der Waals surface area contributed by atoms with Gasteiger partial charge in [0.1, 0.15) is 0 Å². The van der Waals surface area contributed by atoms with Crippen molar-refractivity contribution in [3.63, 3.8) is 0 Å². The van der Waals surface area contributed by atoms with E-state index < -0.39 is 5.91 Å². The number of nitrogens with zero attached hydrogens (tertiary/aromatic N) is 2. The van der Waals surface area contributed by atoms with E-state index >= 15 is 0 Å². The maximum atomic E-state index is 11.3. The summed E-state index contributed by atoms with van der Waals surface area (Å²) >= 11 is 0. The molecule has 1 atom stereocenters. The van der Waals surface area contributed by atoms with Crippen molar-refractivity contribution in [1.29, 1.82) is 0 Å². The minimum absolute atomic E-state index is 0.195. The van der Waals surface area contributed by atoms with Crippen LogP contribution in [-0.2, 0) is 24.7 Å². The zero-order chi connectivity index (χ0) is 22.5. The lowest BCUT2D eigenvalue weighted by atomic mass is 10.0. The highest BCUT2D eigenvalue weighted by molar-refractivity contribution is 5.90. The quantitative estimate of drug-likeness (QED) is 0.274. The highest BCUT2D eigenvalue weighted by atomic mass is 16.5. The van der Waals surface area contributed by atoms with E-state index in [4.69, 9.17) is 5.21 Å². The van der Waals surface area contributed by atoms with Gasteiger partial charge in [-0.2, -0.15) is 0 Å². The first-order valence-electron chi connectivity index (χ1n) is 11.2. The van der Waals surface area contributed by atoms with E-state index in [0.717, 1.165) is 44.3 Å². The lowest BCUT2D eigenvalue weighted by Gasteiger charge is -2.29. The number of benzene rings is 2. The van der Waals surface area contributed by atoms with E-state index in [1.165, 1.54) is 33.7 Å². The molecular formula is C26H31N3O3. The Hall–Kier alpha value is -2.93. The maximum Gasteiger partial charge on any atom is 0.267 e. The second kappa shape index (κ2) is 10.1. The highest BCUT2D eigenvalue weighted by Crippen LogP contribution is 2.37. The SMILES string of the molecule is Cn1cc(CCN(CCCO)[C@H]2CCc3cc(/C=C/C(=O)NO)ccc32)c2ccccc21. The minimum Gasteiger partial charge on any atom is -0.396 e. The van der Waals surface area contributed by atoms with Gasteiger partial charge in [0.15, 0.2) is 0 Å². The first-order chi connectivity index (χ1) is 15.6. The van der Waals surface area contributed by atoms with Gasteiger partial charge in [-0.3, -0.25) is 14.9 Å². The van der Waals surface area contributed by atoms with Crippen LogP contribution in [0.25, 0.3) is 17.0 Å². The summed E-state index contributed by atoms with van der Waals surface area (Å²) in [7, 11) is 2.10. The molecule has 0 saturated carbocycles. The summed E-state index contributed by atoms with van der Waals surface area (Å²) in [6.45, 7) is 2.00. The number of fused-ring (bicyclic) bond motifs is 2. The third-order valence-corrected chi connectivity index (χ3v) is 6.44. The monoisotopic (exact) mass is 433 g/mol. The summed E-state index contributed by atoms with van der Waals surface area (Å²) in [6, 6.07) is 15.2. The van der Waals surface area contributed by atoms with Crippen molar-refractivity contribution in [1.82, 2.24) is 14.9 Å². The van der Waals surface area contributed by atoms with Gasteiger partial charge in [-0.05, 0) is 60.1 Å². The number of nitrogens with one attached hydrogen (secondary N) is 1. The number of aromatic nitrogens is 1. The number of rotatable bonds is 9. The van der Waals surface area contributed by atoms with Crippen LogP contribution in [0.5, 0.6) is 0 Å². The van der Waals surface area contributed by atoms with Gasteiger partial charge in [0.2, 0.25) is 0 Å². The second-order valence-electron chi connectivity index (χ2n) is 8.47. The first kappa shape index (κ1) is 22.3. The fourth-order valence-corrected chi connectivity index (χ4v) is 4.89. The molecule has 6 heteroatoms. The van der Waals surface area contributed by atoms with Crippen LogP contribution in [0.4, 0.5) is 0 Å². The third-order valence-electron chi connectivity index (χ3n) is 6.44. The number of hydroxylamine groups is 1. The smallest absolute Gasteiger partial charge is 0.267 e. The van der Waals surface area contributed by atoms with Crippen LogP contribution >= 0.6 is 0 Å². The van der Waals surface area contributed by atoms with E-state index in [9.17, 15) is 9.90 Å². The molecule has 3 aromatic rings. The number of carbonyl (C=O) groups is 1. The zero-order valence-corrected chi connectivity index (χ0v) is 18.5. The van der Waals surface area contributed by atoms with Gasteiger partial charge in [-0.1, -0.05) is 36.4 Å². The average Bonchev–Trinajstić information content (AvgIpc) is 3.38. The summed E-state index contributed by atoms with van der Waals surface area (Å²) in [5.41, 5.74) is 7.82. The fourth-order valence-electron chi connectivity index (χ4n) is 4.89. The predicted octanol–water partition coefficient (Wildman–Crippen LogP) is 3.61. The topological polar surface area (TPSA) is 77.7 Å². The van der Waals surface area contributed by atoms with E-state index in [0.29, 0.717) is 6.04 Å². The third kappa shape index (κ3) is 4.78. The molecule has 4 rings (SSSR count). The normalized spacial score (nSPS) is 15.7. The number of para-hydroxylation sites is 1. The summed E-state index contributed by atoms with van der Waals surface area (Å²) in [5, 5.41) is 19.4. The van der Waals surface area contributed by atoms with E-state index in [-0.39, 0.29) is 6.61 Å². The molecule has 0 unspecified atom stereocenters. The molecule has 0 saturated heterocycles. The highest BCUT2D eigenvalue weighted by Gasteiger charge is 2.27. The van der Waals surface area contributed by atoms with Gasteiger partial charge in [0.05, 0.1) is 0 Å². The van der Waals surface area contributed by atoms with Crippen LogP contribution in [0.15, 0.2) is 54.7 Å². The van der Waals surface area contributed by atoms with Crippen LogP contribution in [-0.4, -0.2) is 45.4 Å². The summed E-state index contributed by atoms with van der Waals surface area (Å²) < 4.78 is 2.19. The van der Waals surface area contributed by atoms with Crippen LogP contribution < -0.4 is 5.48 Å². The summed E-state index contributed by atoms with van der Waals surface area (Å²) in [6.07, 6.45) is 9.06. The lowest BCUT2D eigenvalue weighted by molar-refractivity contribution is -0.124. The lowest BCUT2D eigenvalue weighted by Crippen LogP contribution is -2.31. The Morgan fingerprint density at radius 1 is 1.25 bits per heavy atom. The molecule has 1 amide bonds. The van der Waals surface area contributed by atoms with Gasteiger partial charge in [-0.15, -0.1) is 0 Å². The Balaban J connectivity index is 1.52. The Kier molecular flexibility index (Phi) is 7.05. The van der Waals surface area contributed by atoms with E-state index in [1.807, 2.05) is 6.07 Å². The molecule has 1 aromatic heterocycles. The van der Waals surface area contributed by atoms with Crippen molar-refractivity contribution in [2.24, 2.45) is 7.05 Å². The van der Waals surface area contributed by atoms with Crippen LogP contribution in [0.1, 0.15) is 41.1 Å². The van der Waals surface area contributed by atoms with Gasteiger partial charge in [-0.25, -0.2) is 5.48 Å². The molecule has 0 fully saturated rings. The number of aliphatic hydroxyl groups is 1. The van der Waals surface area contributed by atoms with Crippen molar-refractivity contribution in [2.75, 3.05) is 19.7 Å². The molecule has 0 bridgehead atoms. The molecule has 0 aliphatic heterocycles. The molecule has 0 radical (unpaired) electrons. The van der Waals surface area contributed by atoms with Crippen LogP contribution in [0.2, 0.25) is 0 Å². The second-order valence-corrected chi connectivity index (χ2v) is 8.47. The predicted molar refractivity (Wildman–Crippen MR) is 126 cm³/mol. The van der Waals surface area contributed by atoms with Crippen molar-refractivity contribution in [3.05, 3.63) is 77.0 Å². The fraction of sp³-hybridized carbons (Fsp3) is 0.346. The van der Waals surface area contributed by atoms with Gasteiger partial charge >= 0.3 is 0 Å². The minimum atomic E-state index is -0.535. The molecule has 1 aliphatic rings. The number of aryl methyl sites for hydroxylation is 2. The van der Waals surface area contributed by atoms with Crippen molar-refractivity contribution < 1.29 is 15.1 Å². The number of hydrogen-bond donors (Lipinski definition) is 3. The number of carbonyl (C=O) groups excluding carboxylic acids is 1. The summed E-state index contributed by atoms with van der Waals surface area (Å²) in [5.74, 6) is -0.535. The van der Waals surface area contributed by atoms with Crippen LogP contribution in [0.3, 0.4) is 0 Å². The standard InChI is InChI=1S/C26H31N3O3/c1-28-18-21(22-5-2-3-6-24(22)28)13-15-29(14-4-16-30)25-11-9-20-17-19(7-10-23(20)25)8-12-26(31)27-32/h2-3,5-8,10,12,17-18,25,30,32H,4,9,11,13-16H2,1H3,(H,27,31)/b12-8+/t25-/m0/s1. The largest absolute Gasteiger partial charge is 0.396 e. The first-order valence-corrected chi connectivity index (χ1v) is 11.2. The molecule has 3 N–H and O–H groups in total. The maximum absolute atomic E-state index is 11.3. The van der Waals surface area contributed by atoms with Gasteiger partial charge in [0.25, 0.3) is 5.91 Å². The van der Waals surface area contributed by atoms with Crippen LogP contribution in [0, 0.1) is 0 Å². The Bertz CT molecular complexity index is 1120. The Morgan fingerprint density at radius 2 is 2.09 bits per heavy atom. The zero-order valence-electron chi connectivity index (χ0n) is 18.5. The average molecular weight is 434 g/mol. The Labute approximate surface area is 188 Å². The van der Waals surface area contributed by atoms with Crippen molar-refractivity contribution in [3.8, 4) is 0 Å². The van der Waals surface area contributed by atoms with Crippen molar-refractivity contribution >= 4 is 22.9 Å². The van der Waals surface area contributed by atoms with E-state index in [2.05, 4.69) is 59.1 Å². The van der Waals surface area contributed by atoms with Crippen molar-refractivity contribution in [2.45, 2.75) is 31.7 Å². The molecule has 32 heavy (non-hydrogen) atoms. The molecule has 6 nitrogen and oxygen atoms in total. The Morgan fingerprint density at radius 3 is 2.91 bits per heavy atom. The summed E-state index contributed by atoms with van der Waals surface area (Å²) in [4.78, 5) is 13.8. The number of hydrogen-bond acceptors (Lipinski definition) is 4. The molecule has 1 aliphatic carbocycles. The molecule has 168 valence electrons. The van der Waals surface area contributed by atoms with Gasteiger partial charge in [0, 0.05) is 56.0 Å². The molecule has 0 spiro atoms.